The summed E-state index contributed by atoms with van der Waals surface area (Å²) >= 11 is 6.03. The van der Waals surface area contributed by atoms with Crippen LogP contribution in [0.5, 0.6) is 0 Å². The summed E-state index contributed by atoms with van der Waals surface area (Å²) < 4.78 is 0. The molecule has 0 saturated heterocycles. The average molecular weight is 330 g/mol. The maximum absolute atomic E-state index is 12.2. The first kappa shape index (κ1) is 17.2. The average Bonchev–Trinajstić information content (AvgIpc) is 2.51. The highest BCUT2D eigenvalue weighted by molar-refractivity contribution is 6.31. The summed E-state index contributed by atoms with van der Waals surface area (Å²) in [6.07, 6.45) is 0.338. The van der Waals surface area contributed by atoms with Gasteiger partial charge in [0.05, 0.1) is 0 Å². The normalized spacial score (nSPS) is 10.4. The molecule has 120 valence electrons. The van der Waals surface area contributed by atoms with Crippen LogP contribution in [0.25, 0.3) is 0 Å². The Hall–Kier alpha value is -2.13. The lowest BCUT2D eigenvalue weighted by atomic mass is 10.0. The lowest BCUT2D eigenvalue weighted by Gasteiger charge is -2.07. The van der Waals surface area contributed by atoms with Gasteiger partial charge in [0.25, 0.3) is 0 Å². The van der Waals surface area contributed by atoms with E-state index >= 15 is 0 Å². The van der Waals surface area contributed by atoms with Gasteiger partial charge in [-0.3, -0.25) is 9.59 Å². The van der Waals surface area contributed by atoms with E-state index < -0.39 is 0 Å². The Bertz CT molecular complexity index is 753. The Balaban J connectivity index is 1.91. The predicted molar refractivity (Wildman–Crippen MR) is 94.3 cm³/mol. The molecule has 0 aliphatic rings. The van der Waals surface area contributed by atoms with Gasteiger partial charge >= 0.3 is 0 Å². The third-order valence-corrected chi connectivity index (χ3v) is 4.27. The van der Waals surface area contributed by atoms with Gasteiger partial charge in [0.2, 0.25) is 5.91 Å². The van der Waals surface area contributed by atoms with Crippen LogP contribution < -0.4 is 5.32 Å². The third kappa shape index (κ3) is 4.67. The van der Waals surface area contributed by atoms with E-state index in [1.165, 1.54) is 0 Å². The van der Waals surface area contributed by atoms with Crippen LogP contribution in [0.15, 0.2) is 36.4 Å². The number of rotatable bonds is 5. The number of hydrogen-bond donors (Lipinski definition) is 1. The molecule has 0 fully saturated rings. The van der Waals surface area contributed by atoms with Gasteiger partial charge in [-0.15, -0.1) is 0 Å². The summed E-state index contributed by atoms with van der Waals surface area (Å²) in [6, 6.07) is 11.0. The second-order valence-electron chi connectivity index (χ2n) is 5.73. The summed E-state index contributed by atoms with van der Waals surface area (Å²) in [5, 5.41) is 3.37. The number of benzene rings is 2. The molecule has 4 heteroatoms. The molecular weight excluding hydrogens is 310 g/mol. The first-order valence-electron chi connectivity index (χ1n) is 7.53. The van der Waals surface area contributed by atoms with Crippen LogP contribution in [0.4, 0.5) is 5.69 Å². The molecule has 1 amide bonds. The van der Waals surface area contributed by atoms with Crippen molar-refractivity contribution in [3.8, 4) is 0 Å². The van der Waals surface area contributed by atoms with Gasteiger partial charge in [-0.25, -0.2) is 0 Å². The van der Waals surface area contributed by atoms with E-state index in [1.807, 2.05) is 45.0 Å². The Morgan fingerprint density at radius 3 is 2.26 bits per heavy atom. The molecule has 2 aromatic carbocycles. The molecule has 23 heavy (non-hydrogen) atoms. The number of amides is 1. The van der Waals surface area contributed by atoms with Crippen molar-refractivity contribution in [2.75, 3.05) is 5.32 Å². The van der Waals surface area contributed by atoms with Crippen molar-refractivity contribution in [3.63, 3.8) is 0 Å². The summed E-state index contributed by atoms with van der Waals surface area (Å²) in [5.41, 5.74) is 4.48. The topological polar surface area (TPSA) is 46.2 Å². The number of halogens is 1. The van der Waals surface area contributed by atoms with Crippen molar-refractivity contribution in [1.29, 1.82) is 0 Å². The van der Waals surface area contributed by atoms with Crippen molar-refractivity contribution in [2.24, 2.45) is 0 Å². The minimum atomic E-state index is -0.192. The van der Waals surface area contributed by atoms with Gasteiger partial charge in [0, 0.05) is 29.1 Å². The molecule has 0 aliphatic carbocycles. The largest absolute Gasteiger partial charge is 0.326 e. The maximum Gasteiger partial charge on any atom is 0.224 e. The minimum absolute atomic E-state index is 0.0230. The lowest BCUT2D eigenvalue weighted by Crippen LogP contribution is -2.13. The predicted octanol–water partition coefficient (Wildman–Crippen LogP) is 4.87. The number of Topliss-reactive ketones (excluding diaryl/α,β-unsaturated/α-hetero) is 1. The maximum atomic E-state index is 12.2. The Morgan fingerprint density at radius 1 is 0.913 bits per heavy atom. The van der Waals surface area contributed by atoms with Crippen molar-refractivity contribution in [1.82, 2.24) is 0 Å². The zero-order valence-corrected chi connectivity index (χ0v) is 14.3. The summed E-state index contributed by atoms with van der Waals surface area (Å²) in [7, 11) is 0. The van der Waals surface area contributed by atoms with Crippen LogP contribution in [-0.4, -0.2) is 11.7 Å². The zero-order valence-electron chi connectivity index (χ0n) is 13.6. The van der Waals surface area contributed by atoms with Crippen LogP contribution in [0.2, 0.25) is 5.02 Å². The smallest absolute Gasteiger partial charge is 0.224 e. The Labute approximate surface area is 141 Å². The molecule has 0 atom stereocenters. The molecule has 0 aromatic heterocycles. The van der Waals surface area contributed by atoms with Gasteiger partial charge in [0.15, 0.2) is 5.78 Å². The van der Waals surface area contributed by atoms with E-state index in [2.05, 4.69) is 5.32 Å². The number of nitrogens with one attached hydrogen (secondary N) is 1. The van der Waals surface area contributed by atoms with Crippen molar-refractivity contribution in [2.45, 2.75) is 33.6 Å². The molecule has 2 rings (SSSR count). The SMILES string of the molecule is Cc1ccc(C(=O)CCC(=O)Nc2ccc(C)c(Cl)c2)cc1C. The first-order chi connectivity index (χ1) is 10.9. The number of ketones is 1. The van der Waals surface area contributed by atoms with E-state index in [-0.39, 0.29) is 24.5 Å². The van der Waals surface area contributed by atoms with Crippen LogP contribution in [0, 0.1) is 20.8 Å². The van der Waals surface area contributed by atoms with Gasteiger partial charge in [-0.2, -0.15) is 0 Å². The first-order valence-corrected chi connectivity index (χ1v) is 7.91. The summed E-state index contributed by atoms with van der Waals surface area (Å²) in [5.74, 6) is -0.215. The Kier molecular flexibility index (Phi) is 5.56. The molecule has 3 nitrogen and oxygen atoms in total. The monoisotopic (exact) mass is 329 g/mol. The van der Waals surface area contributed by atoms with Crippen LogP contribution >= 0.6 is 11.6 Å². The number of hydrogen-bond acceptors (Lipinski definition) is 2. The number of carbonyl (C=O) groups is 2. The quantitative estimate of drug-likeness (QED) is 0.796. The van der Waals surface area contributed by atoms with Gasteiger partial charge in [-0.05, 0) is 55.7 Å². The number of carbonyl (C=O) groups excluding carboxylic acids is 2. The fourth-order valence-corrected chi connectivity index (χ4v) is 2.36. The molecule has 1 N–H and O–H groups in total. The van der Waals surface area contributed by atoms with E-state index in [1.54, 1.807) is 12.1 Å². The van der Waals surface area contributed by atoms with Crippen molar-refractivity contribution < 1.29 is 9.59 Å². The molecule has 2 aromatic rings. The molecule has 0 heterocycles. The fourth-order valence-electron chi connectivity index (χ4n) is 2.18. The van der Waals surface area contributed by atoms with Gasteiger partial charge in [-0.1, -0.05) is 29.8 Å². The van der Waals surface area contributed by atoms with Crippen molar-refractivity contribution >= 4 is 29.0 Å². The molecular formula is C19H20ClNO2. The molecule has 0 saturated carbocycles. The number of aryl methyl sites for hydroxylation is 3. The highest BCUT2D eigenvalue weighted by atomic mass is 35.5. The Morgan fingerprint density at radius 2 is 1.61 bits per heavy atom. The summed E-state index contributed by atoms with van der Waals surface area (Å²) in [6.45, 7) is 5.87. The zero-order chi connectivity index (χ0) is 17.0. The van der Waals surface area contributed by atoms with Crippen LogP contribution in [-0.2, 0) is 4.79 Å². The van der Waals surface area contributed by atoms with Crippen molar-refractivity contribution in [3.05, 3.63) is 63.7 Å². The standard InChI is InChI=1S/C19H20ClNO2/c1-12-4-6-15(10-14(12)3)18(22)8-9-19(23)21-16-7-5-13(2)17(20)11-16/h4-7,10-11H,8-9H2,1-3H3,(H,21,23). The fraction of sp³-hybridized carbons (Fsp3) is 0.263. The minimum Gasteiger partial charge on any atom is -0.326 e. The highest BCUT2D eigenvalue weighted by Crippen LogP contribution is 2.20. The highest BCUT2D eigenvalue weighted by Gasteiger charge is 2.10. The van der Waals surface area contributed by atoms with E-state index in [4.69, 9.17) is 11.6 Å². The van der Waals surface area contributed by atoms with Gasteiger partial charge < -0.3 is 5.32 Å². The van der Waals surface area contributed by atoms with Gasteiger partial charge in [0.1, 0.15) is 0 Å². The van der Waals surface area contributed by atoms with E-state index in [9.17, 15) is 9.59 Å². The van der Waals surface area contributed by atoms with Crippen LogP contribution in [0.3, 0.4) is 0 Å². The lowest BCUT2D eigenvalue weighted by molar-refractivity contribution is -0.116. The molecule has 0 spiro atoms. The molecule has 0 radical (unpaired) electrons. The van der Waals surface area contributed by atoms with Crippen LogP contribution in [0.1, 0.15) is 39.9 Å². The number of anilines is 1. The molecule has 0 aliphatic heterocycles. The second kappa shape index (κ2) is 7.42. The third-order valence-electron chi connectivity index (χ3n) is 3.86. The van der Waals surface area contributed by atoms with E-state index in [0.29, 0.717) is 16.3 Å². The second-order valence-corrected chi connectivity index (χ2v) is 6.14. The summed E-state index contributed by atoms with van der Waals surface area (Å²) in [4.78, 5) is 24.1. The molecule has 0 unspecified atom stereocenters. The molecule has 0 bridgehead atoms. The van der Waals surface area contributed by atoms with E-state index in [0.717, 1.165) is 16.7 Å².